The summed E-state index contributed by atoms with van der Waals surface area (Å²) in [5.74, 6) is -0.266. The van der Waals surface area contributed by atoms with Gasteiger partial charge in [-0.1, -0.05) is 18.9 Å². The second-order valence-electron chi connectivity index (χ2n) is 5.02. The minimum Gasteiger partial charge on any atom is -0.391 e. The van der Waals surface area contributed by atoms with Crippen LogP contribution in [0.3, 0.4) is 0 Å². The highest BCUT2D eigenvalue weighted by molar-refractivity contribution is 5.49. The number of rotatable bonds is 3. The molecule has 2 rings (SSSR count). The standard InChI is InChI=1S/C14H21FN2O/c1-17(13-4-2-3-5-14(13)18)12-7-6-10(9-16)8-11(12)15/h6-8,13-14,18H,2-5,9,16H2,1H3. The van der Waals surface area contributed by atoms with Crippen LogP contribution in [0.5, 0.6) is 0 Å². The van der Waals surface area contributed by atoms with Crippen molar-refractivity contribution in [1.82, 2.24) is 0 Å². The van der Waals surface area contributed by atoms with Crippen LogP contribution in [0, 0.1) is 5.82 Å². The molecule has 3 nitrogen and oxygen atoms in total. The Hall–Kier alpha value is -1.13. The first-order valence-corrected chi connectivity index (χ1v) is 6.53. The van der Waals surface area contributed by atoms with E-state index in [-0.39, 0.29) is 18.0 Å². The van der Waals surface area contributed by atoms with Crippen molar-refractivity contribution >= 4 is 5.69 Å². The lowest BCUT2D eigenvalue weighted by atomic mass is 9.91. The summed E-state index contributed by atoms with van der Waals surface area (Å²) in [7, 11) is 1.85. The third-order valence-corrected chi connectivity index (χ3v) is 3.82. The van der Waals surface area contributed by atoms with Gasteiger partial charge in [0.2, 0.25) is 0 Å². The summed E-state index contributed by atoms with van der Waals surface area (Å²) in [6.45, 7) is 0.340. The number of anilines is 1. The van der Waals surface area contributed by atoms with Crippen LogP contribution in [0.1, 0.15) is 31.2 Å². The third kappa shape index (κ3) is 2.65. The van der Waals surface area contributed by atoms with Gasteiger partial charge in [0, 0.05) is 13.6 Å². The zero-order valence-electron chi connectivity index (χ0n) is 10.8. The van der Waals surface area contributed by atoms with Gasteiger partial charge in [-0.25, -0.2) is 4.39 Å². The Kier molecular flexibility index (Phi) is 4.19. The Bertz CT molecular complexity index is 411. The van der Waals surface area contributed by atoms with Gasteiger partial charge in [0.1, 0.15) is 5.82 Å². The number of likely N-dealkylation sites (N-methyl/N-ethyl adjacent to an activating group) is 1. The number of hydrogen-bond acceptors (Lipinski definition) is 3. The van der Waals surface area contributed by atoms with Crippen molar-refractivity contribution in [2.24, 2.45) is 5.73 Å². The second-order valence-corrected chi connectivity index (χ2v) is 5.02. The smallest absolute Gasteiger partial charge is 0.146 e. The van der Waals surface area contributed by atoms with Gasteiger partial charge >= 0.3 is 0 Å². The van der Waals surface area contributed by atoms with Crippen LogP contribution in [-0.2, 0) is 6.54 Å². The molecule has 0 amide bonds. The van der Waals surface area contributed by atoms with Crippen molar-refractivity contribution < 1.29 is 9.50 Å². The molecule has 100 valence electrons. The lowest BCUT2D eigenvalue weighted by Crippen LogP contribution is -2.43. The lowest BCUT2D eigenvalue weighted by molar-refractivity contribution is 0.106. The summed E-state index contributed by atoms with van der Waals surface area (Å²) in [6, 6.07) is 5.07. The maximum absolute atomic E-state index is 14.0. The van der Waals surface area contributed by atoms with E-state index in [0.717, 1.165) is 31.2 Å². The van der Waals surface area contributed by atoms with Crippen LogP contribution in [0.15, 0.2) is 18.2 Å². The van der Waals surface area contributed by atoms with Crippen LogP contribution >= 0.6 is 0 Å². The molecule has 0 aromatic heterocycles. The van der Waals surface area contributed by atoms with Gasteiger partial charge in [0.25, 0.3) is 0 Å². The summed E-state index contributed by atoms with van der Waals surface area (Å²) in [4.78, 5) is 1.86. The SMILES string of the molecule is CN(c1ccc(CN)cc1F)C1CCCCC1O. The molecule has 1 saturated carbocycles. The van der Waals surface area contributed by atoms with Crippen LogP contribution in [0.25, 0.3) is 0 Å². The van der Waals surface area contributed by atoms with Crippen molar-refractivity contribution in [3.05, 3.63) is 29.6 Å². The van der Waals surface area contributed by atoms with Crippen molar-refractivity contribution in [3.63, 3.8) is 0 Å². The zero-order chi connectivity index (χ0) is 13.1. The molecule has 18 heavy (non-hydrogen) atoms. The Morgan fingerprint density at radius 1 is 1.39 bits per heavy atom. The largest absolute Gasteiger partial charge is 0.391 e. The highest BCUT2D eigenvalue weighted by atomic mass is 19.1. The number of benzene rings is 1. The minimum atomic E-state index is -0.364. The van der Waals surface area contributed by atoms with Crippen LogP contribution in [0.2, 0.25) is 0 Å². The van der Waals surface area contributed by atoms with E-state index in [1.54, 1.807) is 6.07 Å². The Morgan fingerprint density at radius 2 is 2.11 bits per heavy atom. The van der Waals surface area contributed by atoms with Crippen LogP contribution in [0.4, 0.5) is 10.1 Å². The number of halogens is 1. The molecule has 0 bridgehead atoms. The van der Waals surface area contributed by atoms with Gasteiger partial charge < -0.3 is 15.7 Å². The monoisotopic (exact) mass is 252 g/mol. The minimum absolute atomic E-state index is 0.0111. The van der Waals surface area contributed by atoms with Gasteiger partial charge in [-0.2, -0.15) is 0 Å². The molecule has 2 unspecified atom stereocenters. The molecular formula is C14H21FN2O. The molecule has 3 N–H and O–H groups in total. The van der Waals surface area contributed by atoms with E-state index in [4.69, 9.17) is 5.73 Å². The van der Waals surface area contributed by atoms with Crippen molar-refractivity contribution in [2.45, 2.75) is 44.4 Å². The molecular weight excluding hydrogens is 231 g/mol. The predicted octanol–water partition coefficient (Wildman–Crippen LogP) is 2.02. The third-order valence-electron chi connectivity index (χ3n) is 3.82. The molecule has 1 fully saturated rings. The topological polar surface area (TPSA) is 49.5 Å². The second kappa shape index (κ2) is 5.67. The first-order valence-electron chi connectivity index (χ1n) is 6.53. The molecule has 2 atom stereocenters. The fraction of sp³-hybridized carbons (Fsp3) is 0.571. The van der Waals surface area contributed by atoms with E-state index in [9.17, 15) is 9.50 Å². The summed E-state index contributed by atoms with van der Waals surface area (Å²) in [5.41, 5.74) is 6.82. The summed E-state index contributed by atoms with van der Waals surface area (Å²) < 4.78 is 14.0. The average Bonchev–Trinajstić information content (AvgIpc) is 2.38. The van der Waals surface area contributed by atoms with E-state index < -0.39 is 0 Å². The number of nitrogens with two attached hydrogens (primary N) is 1. The van der Waals surface area contributed by atoms with Gasteiger partial charge in [0.15, 0.2) is 0 Å². The maximum atomic E-state index is 14.0. The molecule has 0 saturated heterocycles. The molecule has 4 heteroatoms. The Morgan fingerprint density at radius 3 is 2.72 bits per heavy atom. The lowest BCUT2D eigenvalue weighted by Gasteiger charge is -2.36. The summed E-state index contributed by atoms with van der Waals surface area (Å²) >= 11 is 0. The molecule has 1 aliphatic carbocycles. The van der Waals surface area contributed by atoms with E-state index in [0.29, 0.717) is 12.2 Å². The Labute approximate surface area is 107 Å². The van der Waals surface area contributed by atoms with Crippen molar-refractivity contribution in [3.8, 4) is 0 Å². The number of hydrogen-bond donors (Lipinski definition) is 2. The molecule has 0 heterocycles. The van der Waals surface area contributed by atoms with Crippen molar-refractivity contribution in [2.75, 3.05) is 11.9 Å². The molecule has 1 aromatic rings. The molecule has 0 aliphatic heterocycles. The van der Waals surface area contributed by atoms with E-state index in [1.165, 1.54) is 6.07 Å². The van der Waals surface area contributed by atoms with Gasteiger partial charge in [0.05, 0.1) is 17.8 Å². The normalized spacial score (nSPS) is 24.0. The van der Waals surface area contributed by atoms with Crippen molar-refractivity contribution in [1.29, 1.82) is 0 Å². The summed E-state index contributed by atoms with van der Waals surface area (Å²) in [6.07, 6.45) is 3.50. The summed E-state index contributed by atoms with van der Waals surface area (Å²) in [5, 5.41) is 10.0. The fourth-order valence-corrected chi connectivity index (χ4v) is 2.69. The highest BCUT2D eigenvalue weighted by Gasteiger charge is 2.27. The van der Waals surface area contributed by atoms with Crippen LogP contribution < -0.4 is 10.6 Å². The number of nitrogens with zero attached hydrogens (tertiary/aromatic N) is 1. The van der Waals surface area contributed by atoms with Gasteiger partial charge in [-0.3, -0.25) is 0 Å². The maximum Gasteiger partial charge on any atom is 0.146 e. The quantitative estimate of drug-likeness (QED) is 0.865. The number of aliphatic hydroxyl groups excluding tert-OH is 1. The van der Waals surface area contributed by atoms with E-state index >= 15 is 0 Å². The first kappa shape index (κ1) is 13.3. The van der Waals surface area contributed by atoms with E-state index in [1.807, 2.05) is 18.0 Å². The predicted molar refractivity (Wildman–Crippen MR) is 71.0 cm³/mol. The van der Waals surface area contributed by atoms with Gasteiger partial charge in [-0.15, -0.1) is 0 Å². The average molecular weight is 252 g/mol. The molecule has 0 spiro atoms. The highest BCUT2D eigenvalue weighted by Crippen LogP contribution is 2.28. The van der Waals surface area contributed by atoms with Gasteiger partial charge in [-0.05, 0) is 30.5 Å². The first-order chi connectivity index (χ1) is 8.63. The molecule has 1 aliphatic rings. The fourth-order valence-electron chi connectivity index (χ4n) is 2.69. The Balaban J connectivity index is 2.19. The number of aliphatic hydroxyl groups is 1. The van der Waals surface area contributed by atoms with Crippen LogP contribution in [-0.4, -0.2) is 24.3 Å². The zero-order valence-corrected chi connectivity index (χ0v) is 10.8. The molecule has 0 radical (unpaired) electrons. The van der Waals surface area contributed by atoms with E-state index in [2.05, 4.69) is 0 Å². The molecule has 1 aromatic carbocycles.